The maximum Gasteiger partial charge on any atom is 0.0947 e. The first-order valence-electron chi connectivity index (χ1n) is 5.11. The third kappa shape index (κ3) is 2.36. The normalized spacial score (nSPS) is 26.5. The molecule has 0 aromatic carbocycles. The molecule has 0 aliphatic heterocycles. The molecule has 1 saturated carbocycles. The Morgan fingerprint density at radius 2 is 2.36 bits per heavy atom. The number of hydrogen-bond acceptors (Lipinski definition) is 3. The van der Waals surface area contributed by atoms with Gasteiger partial charge in [0.2, 0.25) is 0 Å². The highest BCUT2D eigenvalue weighted by Crippen LogP contribution is 2.27. The zero-order valence-electron chi connectivity index (χ0n) is 8.52. The Morgan fingerprint density at radius 1 is 1.57 bits per heavy atom. The van der Waals surface area contributed by atoms with Crippen molar-refractivity contribution < 1.29 is 9.52 Å². The van der Waals surface area contributed by atoms with E-state index in [9.17, 15) is 0 Å². The van der Waals surface area contributed by atoms with E-state index >= 15 is 0 Å². The number of nitrogens with zero attached hydrogens (tertiary/aromatic N) is 1. The molecule has 0 bridgehead atoms. The van der Waals surface area contributed by atoms with Crippen LogP contribution in [0.4, 0.5) is 0 Å². The molecular formula is C11H17NO2. The Labute approximate surface area is 84.3 Å². The van der Waals surface area contributed by atoms with Crippen molar-refractivity contribution in [2.45, 2.75) is 25.5 Å². The van der Waals surface area contributed by atoms with Crippen LogP contribution in [0.15, 0.2) is 23.0 Å². The van der Waals surface area contributed by atoms with Crippen LogP contribution in [-0.4, -0.2) is 29.7 Å². The molecule has 0 unspecified atom stereocenters. The standard InChI is InChI=1S/C11H17NO2/c1-12(6-9-2-3-14-8-9)7-10-4-11(13)5-10/h2-3,8,10-11,13H,4-7H2,1H3. The van der Waals surface area contributed by atoms with E-state index in [4.69, 9.17) is 9.52 Å². The van der Waals surface area contributed by atoms with E-state index in [0.717, 1.165) is 25.9 Å². The van der Waals surface area contributed by atoms with Crippen LogP contribution < -0.4 is 0 Å². The lowest BCUT2D eigenvalue weighted by Crippen LogP contribution is -2.36. The Kier molecular flexibility index (Phi) is 2.89. The SMILES string of the molecule is CN(Cc1ccoc1)CC1CC(O)C1. The lowest BCUT2D eigenvalue weighted by Gasteiger charge is -2.34. The summed E-state index contributed by atoms with van der Waals surface area (Å²) in [4.78, 5) is 2.28. The fourth-order valence-electron chi connectivity index (χ4n) is 2.05. The molecule has 1 N–H and O–H groups in total. The third-order valence-electron chi connectivity index (χ3n) is 2.81. The highest BCUT2D eigenvalue weighted by atomic mass is 16.3. The summed E-state index contributed by atoms with van der Waals surface area (Å²) in [5, 5.41) is 9.15. The second-order valence-electron chi connectivity index (χ2n) is 4.32. The van der Waals surface area contributed by atoms with Gasteiger partial charge in [0.05, 0.1) is 18.6 Å². The van der Waals surface area contributed by atoms with Crippen molar-refractivity contribution in [2.24, 2.45) is 5.92 Å². The molecule has 3 nitrogen and oxygen atoms in total. The van der Waals surface area contributed by atoms with Crippen molar-refractivity contribution in [3.05, 3.63) is 24.2 Å². The second-order valence-corrected chi connectivity index (χ2v) is 4.32. The first-order chi connectivity index (χ1) is 6.74. The molecule has 1 heterocycles. The van der Waals surface area contributed by atoms with Crippen molar-refractivity contribution in [2.75, 3.05) is 13.6 Å². The molecule has 0 atom stereocenters. The first-order valence-corrected chi connectivity index (χ1v) is 5.11. The summed E-state index contributed by atoms with van der Waals surface area (Å²) in [6.45, 7) is 2.01. The van der Waals surface area contributed by atoms with Gasteiger partial charge in [-0.3, -0.25) is 0 Å². The summed E-state index contributed by atoms with van der Waals surface area (Å²) in [6.07, 6.45) is 5.38. The number of aliphatic hydroxyl groups excluding tert-OH is 1. The quantitative estimate of drug-likeness (QED) is 0.790. The number of hydrogen-bond donors (Lipinski definition) is 1. The maximum absolute atomic E-state index is 9.15. The van der Waals surface area contributed by atoms with Gasteiger partial charge in [0.15, 0.2) is 0 Å². The van der Waals surface area contributed by atoms with Gasteiger partial charge in [-0.05, 0) is 31.9 Å². The summed E-state index contributed by atoms with van der Waals surface area (Å²) >= 11 is 0. The monoisotopic (exact) mass is 195 g/mol. The van der Waals surface area contributed by atoms with E-state index in [1.165, 1.54) is 5.56 Å². The van der Waals surface area contributed by atoms with Crippen LogP contribution in [0.5, 0.6) is 0 Å². The van der Waals surface area contributed by atoms with Gasteiger partial charge < -0.3 is 14.4 Å². The van der Waals surface area contributed by atoms with E-state index < -0.39 is 0 Å². The van der Waals surface area contributed by atoms with Crippen LogP contribution in [0, 0.1) is 5.92 Å². The number of rotatable bonds is 4. The second kappa shape index (κ2) is 4.15. The largest absolute Gasteiger partial charge is 0.472 e. The predicted molar refractivity (Wildman–Crippen MR) is 53.8 cm³/mol. The molecule has 78 valence electrons. The fourth-order valence-corrected chi connectivity index (χ4v) is 2.05. The molecule has 0 saturated heterocycles. The topological polar surface area (TPSA) is 36.6 Å². The average molecular weight is 195 g/mol. The van der Waals surface area contributed by atoms with E-state index in [1.807, 2.05) is 6.07 Å². The van der Waals surface area contributed by atoms with Crippen molar-refractivity contribution in [3.63, 3.8) is 0 Å². The van der Waals surface area contributed by atoms with Crippen LogP contribution in [0.25, 0.3) is 0 Å². The minimum absolute atomic E-state index is 0.0395. The summed E-state index contributed by atoms with van der Waals surface area (Å²) < 4.78 is 5.01. The summed E-state index contributed by atoms with van der Waals surface area (Å²) in [6, 6.07) is 1.99. The molecular weight excluding hydrogens is 178 g/mol. The number of aliphatic hydroxyl groups is 1. The average Bonchev–Trinajstić information content (AvgIpc) is 2.54. The molecule has 1 aromatic rings. The Balaban J connectivity index is 1.71. The van der Waals surface area contributed by atoms with Gasteiger partial charge in [-0.25, -0.2) is 0 Å². The van der Waals surface area contributed by atoms with Gasteiger partial charge in [0, 0.05) is 18.7 Å². The molecule has 0 radical (unpaired) electrons. The van der Waals surface area contributed by atoms with E-state index in [2.05, 4.69) is 11.9 Å². The van der Waals surface area contributed by atoms with Crippen LogP contribution in [0.3, 0.4) is 0 Å². The molecule has 14 heavy (non-hydrogen) atoms. The van der Waals surface area contributed by atoms with Crippen LogP contribution >= 0.6 is 0 Å². The van der Waals surface area contributed by atoms with Crippen molar-refractivity contribution >= 4 is 0 Å². The van der Waals surface area contributed by atoms with E-state index in [1.54, 1.807) is 12.5 Å². The van der Waals surface area contributed by atoms with Crippen molar-refractivity contribution in [1.82, 2.24) is 4.90 Å². The zero-order chi connectivity index (χ0) is 9.97. The van der Waals surface area contributed by atoms with Gasteiger partial charge >= 0.3 is 0 Å². The van der Waals surface area contributed by atoms with Gasteiger partial charge in [-0.1, -0.05) is 0 Å². The molecule has 1 aliphatic carbocycles. The number of furan rings is 1. The van der Waals surface area contributed by atoms with Crippen LogP contribution in [0.1, 0.15) is 18.4 Å². The Bertz CT molecular complexity index is 265. The molecule has 1 aromatic heterocycles. The Hall–Kier alpha value is -0.800. The molecule has 2 rings (SSSR count). The van der Waals surface area contributed by atoms with Crippen LogP contribution in [0.2, 0.25) is 0 Å². The lowest BCUT2D eigenvalue weighted by molar-refractivity contribution is 0.0273. The minimum atomic E-state index is -0.0395. The van der Waals surface area contributed by atoms with E-state index in [-0.39, 0.29) is 6.10 Å². The first kappa shape index (κ1) is 9.74. The zero-order valence-corrected chi connectivity index (χ0v) is 8.52. The van der Waals surface area contributed by atoms with Crippen LogP contribution in [-0.2, 0) is 6.54 Å². The summed E-state index contributed by atoms with van der Waals surface area (Å²) in [5.41, 5.74) is 1.22. The maximum atomic E-state index is 9.15. The molecule has 1 fully saturated rings. The lowest BCUT2D eigenvalue weighted by atomic mass is 9.82. The molecule has 3 heteroatoms. The van der Waals surface area contributed by atoms with Crippen molar-refractivity contribution in [1.29, 1.82) is 0 Å². The predicted octanol–water partition coefficient (Wildman–Crippen LogP) is 1.48. The van der Waals surface area contributed by atoms with Gasteiger partial charge in [0.25, 0.3) is 0 Å². The third-order valence-corrected chi connectivity index (χ3v) is 2.81. The fraction of sp³-hybridized carbons (Fsp3) is 0.636. The molecule has 0 amide bonds. The highest BCUT2D eigenvalue weighted by Gasteiger charge is 2.27. The summed E-state index contributed by atoms with van der Waals surface area (Å²) in [7, 11) is 2.11. The van der Waals surface area contributed by atoms with Gasteiger partial charge in [-0.15, -0.1) is 0 Å². The smallest absolute Gasteiger partial charge is 0.0947 e. The van der Waals surface area contributed by atoms with Crippen molar-refractivity contribution in [3.8, 4) is 0 Å². The van der Waals surface area contributed by atoms with E-state index in [0.29, 0.717) is 5.92 Å². The van der Waals surface area contributed by atoms with Gasteiger partial charge in [0.1, 0.15) is 0 Å². The minimum Gasteiger partial charge on any atom is -0.472 e. The Morgan fingerprint density at radius 3 is 2.93 bits per heavy atom. The van der Waals surface area contributed by atoms with Gasteiger partial charge in [-0.2, -0.15) is 0 Å². The highest BCUT2D eigenvalue weighted by molar-refractivity contribution is 5.04. The molecule has 1 aliphatic rings. The summed E-state index contributed by atoms with van der Waals surface area (Å²) in [5.74, 6) is 0.682. The molecule has 0 spiro atoms.